The Hall–Kier alpha value is -2.43. The summed E-state index contributed by atoms with van der Waals surface area (Å²) in [6, 6.07) is 5.62. The van der Waals surface area contributed by atoms with Crippen LogP contribution < -0.4 is 10.6 Å². The highest BCUT2D eigenvalue weighted by atomic mass is 16.1. The lowest BCUT2D eigenvalue weighted by Gasteiger charge is -2.12. The van der Waals surface area contributed by atoms with Gasteiger partial charge in [0, 0.05) is 24.1 Å². The zero-order chi connectivity index (χ0) is 15.4. The van der Waals surface area contributed by atoms with Gasteiger partial charge in [0.2, 0.25) is 0 Å². The number of carbonyl (C=O) groups is 1. The van der Waals surface area contributed by atoms with Crippen molar-refractivity contribution in [3.8, 4) is 0 Å². The number of nitrogens with zero attached hydrogens (tertiary/aromatic N) is 2. The molecule has 1 amide bonds. The summed E-state index contributed by atoms with van der Waals surface area (Å²) < 4.78 is 0. The lowest BCUT2D eigenvalue weighted by Crippen LogP contribution is -2.16. The smallest absolute Gasteiger partial charge is 0.259 e. The molecule has 2 heterocycles. The maximum absolute atomic E-state index is 12.4. The first-order chi connectivity index (χ1) is 10.0. The molecule has 0 fully saturated rings. The average molecular weight is 284 g/mol. The monoisotopic (exact) mass is 284 g/mol. The predicted molar refractivity (Wildman–Crippen MR) is 84.8 cm³/mol. The molecule has 21 heavy (non-hydrogen) atoms. The summed E-state index contributed by atoms with van der Waals surface area (Å²) in [6.07, 6.45) is 1.60. The van der Waals surface area contributed by atoms with Gasteiger partial charge in [0.1, 0.15) is 0 Å². The zero-order valence-corrected chi connectivity index (χ0v) is 12.8. The third-order valence-corrected chi connectivity index (χ3v) is 3.13. The van der Waals surface area contributed by atoms with Crippen molar-refractivity contribution in [3.05, 3.63) is 47.0 Å². The van der Waals surface area contributed by atoms with E-state index in [1.807, 2.05) is 45.9 Å². The van der Waals surface area contributed by atoms with Crippen LogP contribution in [0.3, 0.4) is 0 Å². The van der Waals surface area contributed by atoms with E-state index in [1.165, 1.54) is 0 Å². The van der Waals surface area contributed by atoms with E-state index in [0.717, 1.165) is 29.3 Å². The molecule has 0 unspecified atom stereocenters. The molecule has 0 spiro atoms. The Labute approximate surface area is 124 Å². The standard InChI is InChI=1S/C16H20N4O/c1-5-17-15-8-11(3)18-9-13(15)16(21)20-14-7-6-10(2)19-12(14)4/h6-9H,5H2,1-4H3,(H,17,18)(H,20,21). The number of hydrogen-bond acceptors (Lipinski definition) is 4. The minimum Gasteiger partial charge on any atom is -0.385 e. The van der Waals surface area contributed by atoms with Crippen molar-refractivity contribution in [1.29, 1.82) is 0 Å². The van der Waals surface area contributed by atoms with E-state index in [9.17, 15) is 4.79 Å². The van der Waals surface area contributed by atoms with Crippen LogP contribution in [0.2, 0.25) is 0 Å². The van der Waals surface area contributed by atoms with Gasteiger partial charge in [0.15, 0.2) is 0 Å². The fourth-order valence-electron chi connectivity index (χ4n) is 2.09. The van der Waals surface area contributed by atoms with Gasteiger partial charge in [-0.25, -0.2) is 0 Å². The molecule has 0 atom stereocenters. The molecule has 2 N–H and O–H groups in total. The first-order valence-electron chi connectivity index (χ1n) is 6.97. The molecule has 0 aliphatic rings. The summed E-state index contributed by atoms with van der Waals surface area (Å²) in [5.74, 6) is -0.188. The second-order valence-corrected chi connectivity index (χ2v) is 4.94. The molecule has 110 valence electrons. The molecule has 0 radical (unpaired) electrons. The molecule has 0 bridgehead atoms. The molecule has 0 aliphatic carbocycles. The Morgan fingerprint density at radius 1 is 1.14 bits per heavy atom. The molecule has 0 aliphatic heterocycles. The minimum atomic E-state index is -0.188. The van der Waals surface area contributed by atoms with Crippen molar-refractivity contribution in [2.24, 2.45) is 0 Å². The molecule has 2 aromatic heterocycles. The summed E-state index contributed by atoms with van der Waals surface area (Å²) in [5, 5.41) is 6.08. The van der Waals surface area contributed by atoms with Gasteiger partial charge in [-0.1, -0.05) is 0 Å². The number of carbonyl (C=O) groups excluding carboxylic acids is 1. The number of hydrogen-bond donors (Lipinski definition) is 2. The van der Waals surface area contributed by atoms with Gasteiger partial charge in [-0.3, -0.25) is 14.8 Å². The molecule has 5 heteroatoms. The zero-order valence-electron chi connectivity index (χ0n) is 12.8. The van der Waals surface area contributed by atoms with Crippen LogP contribution in [0.5, 0.6) is 0 Å². The van der Waals surface area contributed by atoms with Gasteiger partial charge in [-0.05, 0) is 45.9 Å². The van der Waals surface area contributed by atoms with Crippen LogP contribution in [0.25, 0.3) is 0 Å². The van der Waals surface area contributed by atoms with Crippen LogP contribution in [0.15, 0.2) is 24.4 Å². The maximum atomic E-state index is 12.4. The highest BCUT2D eigenvalue weighted by molar-refractivity contribution is 6.08. The lowest BCUT2D eigenvalue weighted by molar-refractivity contribution is 0.102. The van der Waals surface area contributed by atoms with E-state index in [1.54, 1.807) is 6.20 Å². The fraction of sp³-hybridized carbons (Fsp3) is 0.312. The summed E-state index contributed by atoms with van der Waals surface area (Å²) >= 11 is 0. The van der Waals surface area contributed by atoms with Crippen molar-refractivity contribution >= 4 is 17.3 Å². The van der Waals surface area contributed by atoms with Gasteiger partial charge in [-0.2, -0.15) is 0 Å². The summed E-state index contributed by atoms with van der Waals surface area (Å²) in [7, 11) is 0. The number of anilines is 2. The van der Waals surface area contributed by atoms with E-state index < -0.39 is 0 Å². The molecule has 0 saturated carbocycles. The van der Waals surface area contributed by atoms with Gasteiger partial charge in [-0.15, -0.1) is 0 Å². The molecular weight excluding hydrogens is 264 g/mol. The minimum absolute atomic E-state index is 0.188. The van der Waals surface area contributed by atoms with Crippen molar-refractivity contribution in [2.75, 3.05) is 17.2 Å². The lowest BCUT2D eigenvalue weighted by atomic mass is 10.2. The second kappa shape index (κ2) is 6.35. The largest absolute Gasteiger partial charge is 0.385 e. The first-order valence-corrected chi connectivity index (χ1v) is 6.97. The SMILES string of the molecule is CCNc1cc(C)ncc1C(=O)Nc1ccc(C)nc1C. The molecule has 2 rings (SSSR count). The van der Waals surface area contributed by atoms with E-state index in [0.29, 0.717) is 11.3 Å². The van der Waals surface area contributed by atoms with Crippen LogP contribution >= 0.6 is 0 Å². The van der Waals surface area contributed by atoms with Gasteiger partial charge in [0.05, 0.1) is 22.6 Å². The van der Waals surface area contributed by atoms with Gasteiger partial charge >= 0.3 is 0 Å². The van der Waals surface area contributed by atoms with Crippen LogP contribution in [-0.4, -0.2) is 22.4 Å². The van der Waals surface area contributed by atoms with Gasteiger partial charge < -0.3 is 10.6 Å². The number of nitrogens with one attached hydrogen (secondary N) is 2. The Morgan fingerprint density at radius 2 is 1.90 bits per heavy atom. The molecule has 2 aromatic rings. The molecule has 0 saturated heterocycles. The molecule has 5 nitrogen and oxygen atoms in total. The van der Waals surface area contributed by atoms with Crippen LogP contribution in [0.1, 0.15) is 34.4 Å². The van der Waals surface area contributed by atoms with Crippen LogP contribution in [0.4, 0.5) is 11.4 Å². The highest BCUT2D eigenvalue weighted by Crippen LogP contribution is 2.19. The second-order valence-electron chi connectivity index (χ2n) is 4.94. The Bertz CT molecular complexity index is 667. The third kappa shape index (κ3) is 3.56. The maximum Gasteiger partial charge on any atom is 0.259 e. The Balaban J connectivity index is 2.28. The van der Waals surface area contributed by atoms with Crippen molar-refractivity contribution < 1.29 is 4.79 Å². The van der Waals surface area contributed by atoms with Crippen LogP contribution in [0, 0.1) is 20.8 Å². The third-order valence-electron chi connectivity index (χ3n) is 3.13. The van der Waals surface area contributed by atoms with E-state index >= 15 is 0 Å². The van der Waals surface area contributed by atoms with Gasteiger partial charge in [0.25, 0.3) is 5.91 Å². The average Bonchev–Trinajstić information content (AvgIpc) is 2.42. The summed E-state index contributed by atoms with van der Waals surface area (Å²) in [5.41, 5.74) is 4.64. The number of amides is 1. The number of aryl methyl sites for hydroxylation is 3. The topological polar surface area (TPSA) is 66.9 Å². The number of pyridine rings is 2. The highest BCUT2D eigenvalue weighted by Gasteiger charge is 2.13. The van der Waals surface area contributed by atoms with Crippen molar-refractivity contribution in [3.63, 3.8) is 0 Å². The number of rotatable bonds is 4. The van der Waals surface area contributed by atoms with E-state index in [-0.39, 0.29) is 5.91 Å². The van der Waals surface area contributed by atoms with Crippen LogP contribution in [-0.2, 0) is 0 Å². The summed E-state index contributed by atoms with van der Waals surface area (Å²) in [6.45, 7) is 8.43. The van der Waals surface area contributed by atoms with E-state index in [2.05, 4.69) is 20.6 Å². The normalized spacial score (nSPS) is 10.3. The molecular formula is C16H20N4O. The summed E-state index contributed by atoms with van der Waals surface area (Å²) in [4.78, 5) is 21.0. The Kier molecular flexibility index (Phi) is 4.52. The predicted octanol–water partition coefficient (Wildman–Crippen LogP) is 3.09. The quantitative estimate of drug-likeness (QED) is 0.905. The first kappa shape index (κ1) is 15.0. The Morgan fingerprint density at radius 3 is 2.57 bits per heavy atom. The van der Waals surface area contributed by atoms with Crippen molar-refractivity contribution in [1.82, 2.24) is 9.97 Å². The number of aromatic nitrogens is 2. The molecule has 0 aromatic carbocycles. The fourth-order valence-corrected chi connectivity index (χ4v) is 2.09. The van der Waals surface area contributed by atoms with Crippen molar-refractivity contribution in [2.45, 2.75) is 27.7 Å². The van der Waals surface area contributed by atoms with E-state index in [4.69, 9.17) is 0 Å².